The zero-order valence-corrected chi connectivity index (χ0v) is 9.35. The lowest BCUT2D eigenvalue weighted by Crippen LogP contribution is -2.48. The van der Waals surface area contributed by atoms with E-state index in [9.17, 15) is 0 Å². The van der Waals surface area contributed by atoms with Crippen molar-refractivity contribution in [3.63, 3.8) is 0 Å². The first kappa shape index (κ1) is 10.1. The minimum absolute atomic E-state index is 0.703. The van der Waals surface area contributed by atoms with Gasteiger partial charge in [0, 0.05) is 0 Å². The largest absolute Gasteiger partial charge is 0.0654 e. The molecule has 0 heteroatoms. The summed E-state index contributed by atoms with van der Waals surface area (Å²) in [6, 6.07) is 0. The summed E-state index contributed by atoms with van der Waals surface area (Å²) in [6.07, 6.45) is 4.27. The van der Waals surface area contributed by atoms with Crippen LogP contribution in [0.3, 0.4) is 0 Å². The van der Waals surface area contributed by atoms with Gasteiger partial charge in [0.15, 0.2) is 0 Å². The van der Waals surface area contributed by atoms with E-state index in [-0.39, 0.29) is 0 Å². The average Bonchev–Trinajstić information content (AvgIpc) is 2.02. The van der Waals surface area contributed by atoms with Crippen molar-refractivity contribution in [1.82, 2.24) is 0 Å². The molecule has 0 N–H and O–H groups in total. The molecular formula is C12H24. The third-order valence-corrected chi connectivity index (χ3v) is 4.33. The summed E-state index contributed by atoms with van der Waals surface area (Å²) in [4.78, 5) is 0. The van der Waals surface area contributed by atoms with Crippen molar-refractivity contribution >= 4 is 0 Å². The van der Waals surface area contributed by atoms with Crippen molar-refractivity contribution in [2.24, 2.45) is 23.2 Å². The second-order valence-electron chi connectivity index (χ2n) is 5.11. The van der Waals surface area contributed by atoms with Crippen molar-refractivity contribution in [3.8, 4) is 0 Å². The first-order valence-electron chi connectivity index (χ1n) is 5.54. The molecule has 0 amide bonds. The van der Waals surface area contributed by atoms with Gasteiger partial charge in [-0.3, -0.25) is 0 Å². The van der Waals surface area contributed by atoms with E-state index in [1.807, 2.05) is 0 Å². The van der Waals surface area contributed by atoms with Crippen molar-refractivity contribution in [2.75, 3.05) is 0 Å². The molecule has 0 aromatic rings. The summed E-state index contributed by atoms with van der Waals surface area (Å²) < 4.78 is 0. The fourth-order valence-corrected chi connectivity index (χ4v) is 3.21. The average molecular weight is 168 g/mol. The molecule has 1 rings (SSSR count). The van der Waals surface area contributed by atoms with Crippen LogP contribution in [-0.4, -0.2) is 0 Å². The van der Waals surface area contributed by atoms with Crippen LogP contribution in [0.2, 0.25) is 0 Å². The number of rotatable bonds is 3. The summed E-state index contributed by atoms with van der Waals surface area (Å²) in [7, 11) is 0. The van der Waals surface area contributed by atoms with Crippen LogP contribution in [0.5, 0.6) is 0 Å². The van der Waals surface area contributed by atoms with Crippen molar-refractivity contribution in [1.29, 1.82) is 0 Å². The zero-order valence-electron chi connectivity index (χ0n) is 9.35. The van der Waals surface area contributed by atoms with Gasteiger partial charge in [-0.1, -0.05) is 41.0 Å². The molecule has 0 radical (unpaired) electrons. The molecule has 0 aliphatic heterocycles. The predicted octanol–water partition coefficient (Wildman–Crippen LogP) is 4.10. The van der Waals surface area contributed by atoms with Crippen LogP contribution in [0.4, 0.5) is 0 Å². The van der Waals surface area contributed by atoms with E-state index >= 15 is 0 Å². The molecule has 1 aliphatic rings. The smallest absolute Gasteiger partial charge is 0.0244 e. The van der Waals surface area contributed by atoms with Gasteiger partial charge in [-0.05, 0) is 36.0 Å². The van der Waals surface area contributed by atoms with E-state index in [4.69, 9.17) is 0 Å². The molecule has 0 aromatic heterocycles. The van der Waals surface area contributed by atoms with Crippen molar-refractivity contribution in [2.45, 2.75) is 53.9 Å². The summed E-state index contributed by atoms with van der Waals surface area (Å²) in [5.74, 6) is 2.81. The molecule has 0 spiro atoms. The van der Waals surface area contributed by atoms with Gasteiger partial charge >= 0.3 is 0 Å². The highest BCUT2D eigenvalue weighted by molar-refractivity contribution is 4.98. The Morgan fingerprint density at radius 2 is 1.92 bits per heavy atom. The summed E-state index contributed by atoms with van der Waals surface area (Å²) >= 11 is 0. The lowest BCUT2D eigenvalue weighted by atomic mass is 9.49. The second-order valence-corrected chi connectivity index (χ2v) is 5.11. The molecule has 0 aromatic carbocycles. The quantitative estimate of drug-likeness (QED) is 0.595. The molecule has 1 aliphatic carbocycles. The third kappa shape index (κ3) is 1.30. The van der Waals surface area contributed by atoms with E-state index in [1.165, 1.54) is 19.3 Å². The van der Waals surface area contributed by atoms with Gasteiger partial charge < -0.3 is 0 Å². The summed E-state index contributed by atoms with van der Waals surface area (Å²) in [5.41, 5.74) is 0.703. The maximum absolute atomic E-state index is 2.45. The van der Waals surface area contributed by atoms with Crippen LogP contribution < -0.4 is 0 Å². The Balaban J connectivity index is 2.63. The Bertz CT molecular complexity index is 144. The van der Waals surface area contributed by atoms with Crippen molar-refractivity contribution in [3.05, 3.63) is 0 Å². The highest BCUT2D eigenvalue weighted by Gasteiger charge is 2.49. The standard InChI is InChI=1S/C12H24/c1-6-7-12(9(2)3)8-10(4)11(12)5/h9-11H,6-8H2,1-5H3. The molecule has 12 heavy (non-hydrogen) atoms. The monoisotopic (exact) mass is 168 g/mol. The van der Waals surface area contributed by atoms with Gasteiger partial charge in [0.25, 0.3) is 0 Å². The topological polar surface area (TPSA) is 0 Å². The maximum Gasteiger partial charge on any atom is -0.0244 e. The Morgan fingerprint density at radius 1 is 1.33 bits per heavy atom. The Labute approximate surface area is 77.7 Å². The van der Waals surface area contributed by atoms with Gasteiger partial charge in [0.05, 0.1) is 0 Å². The molecular weight excluding hydrogens is 144 g/mol. The molecule has 1 fully saturated rings. The van der Waals surface area contributed by atoms with Gasteiger partial charge in [0.1, 0.15) is 0 Å². The van der Waals surface area contributed by atoms with E-state index < -0.39 is 0 Å². The van der Waals surface area contributed by atoms with Gasteiger partial charge in [-0.25, -0.2) is 0 Å². The number of hydrogen-bond acceptors (Lipinski definition) is 0. The van der Waals surface area contributed by atoms with Crippen LogP contribution in [0.15, 0.2) is 0 Å². The molecule has 0 heterocycles. The normalized spacial score (nSPS) is 41.5. The molecule has 72 valence electrons. The molecule has 0 bridgehead atoms. The van der Waals surface area contributed by atoms with Crippen LogP contribution in [-0.2, 0) is 0 Å². The summed E-state index contributed by atoms with van der Waals surface area (Å²) in [6.45, 7) is 12.0. The van der Waals surface area contributed by atoms with Gasteiger partial charge in [-0.2, -0.15) is 0 Å². The summed E-state index contributed by atoms with van der Waals surface area (Å²) in [5, 5.41) is 0. The predicted molar refractivity (Wildman–Crippen MR) is 55.1 cm³/mol. The Hall–Kier alpha value is 0. The van der Waals surface area contributed by atoms with Gasteiger partial charge in [0.2, 0.25) is 0 Å². The van der Waals surface area contributed by atoms with E-state index in [1.54, 1.807) is 0 Å². The molecule has 0 nitrogen and oxygen atoms in total. The number of hydrogen-bond donors (Lipinski definition) is 0. The molecule has 1 saturated carbocycles. The van der Waals surface area contributed by atoms with E-state index in [2.05, 4.69) is 34.6 Å². The molecule has 3 atom stereocenters. The second kappa shape index (κ2) is 3.40. The highest BCUT2D eigenvalue weighted by atomic mass is 14.5. The lowest BCUT2D eigenvalue weighted by Gasteiger charge is -2.56. The minimum Gasteiger partial charge on any atom is -0.0654 e. The van der Waals surface area contributed by atoms with Crippen LogP contribution in [0.1, 0.15) is 53.9 Å². The maximum atomic E-state index is 2.45. The van der Waals surface area contributed by atoms with Gasteiger partial charge in [-0.15, -0.1) is 0 Å². The Morgan fingerprint density at radius 3 is 2.17 bits per heavy atom. The molecule has 3 unspecified atom stereocenters. The fraction of sp³-hybridized carbons (Fsp3) is 1.00. The minimum atomic E-state index is 0.703. The van der Waals surface area contributed by atoms with Crippen LogP contribution in [0.25, 0.3) is 0 Å². The van der Waals surface area contributed by atoms with Crippen LogP contribution in [0, 0.1) is 23.2 Å². The van der Waals surface area contributed by atoms with E-state index in [0.29, 0.717) is 5.41 Å². The first-order valence-corrected chi connectivity index (χ1v) is 5.54. The lowest BCUT2D eigenvalue weighted by molar-refractivity contribution is -0.0695. The highest BCUT2D eigenvalue weighted by Crippen LogP contribution is 2.57. The van der Waals surface area contributed by atoms with Crippen molar-refractivity contribution < 1.29 is 0 Å². The zero-order chi connectivity index (χ0) is 9.35. The Kier molecular flexibility index (Phi) is 2.85. The first-order chi connectivity index (χ1) is 5.54. The van der Waals surface area contributed by atoms with Crippen LogP contribution >= 0.6 is 0 Å². The fourth-order valence-electron chi connectivity index (χ4n) is 3.21. The SMILES string of the molecule is CCCC1(C(C)C)CC(C)C1C. The van der Waals surface area contributed by atoms with E-state index in [0.717, 1.165) is 17.8 Å². The molecule has 0 saturated heterocycles. The third-order valence-electron chi connectivity index (χ3n) is 4.33.